The maximum atomic E-state index is 11.3. The quantitative estimate of drug-likeness (QED) is 0.871. The Morgan fingerprint density at radius 3 is 2.65 bits per heavy atom. The van der Waals surface area contributed by atoms with Crippen molar-refractivity contribution in [3.05, 3.63) is 48.0 Å². The van der Waals surface area contributed by atoms with Crippen LogP contribution in [0, 0.1) is 0 Å². The van der Waals surface area contributed by atoms with Crippen LogP contribution < -0.4 is 0 Å². The fourth-order valence-electron chi connectivity index (χ4n) is 1.89. The van der Waals surface area contributed by atoms with Crippen molar-refractivity contribution in [2.45, 2.75) is 6.54 Å². The Labute approximate surface area is 100 Å². The van der Waals surface area contributed by atoms with Gasteiger partial charge in [0.05, 0.1) is 0 Å². The fraction of sp³-hybridized carbons (Fsp3) is 0.214. The van der Waals surface area contributed by atoms with Crippen LogP contribution in [-0.4, -0.2) is 29.6 Å². The second-order valence-electron chi connectivity index (χ2n) is 4.05. The van der Waals surface area contributed by atoms with E-state index in [0.717, 1.165) is 16.3 Å². The first kappa shape index (κ1) is 11.6. The van der Waals surface area contributed by atoms with Gasteiger partial charge in [0.2, 0.25) is 5.91 Å². The van der Waals surface area contributed by atoms with Crippen molar-refractivity contribution >= 4 is 16.7 Å². The standard InChI is InChI=1S/C14H15NO2/c1-15(14(17)10-16)9-12-7-4-6-11-5-2-3-8-13(11)12/h2-8,16H,9-10H2,1H3. The van der Waals surface area contributed by atoms with E-state index in [4.69, 9.17) is 5.11 Å². The number of carbonyl (C=O) groups excluding carboxylic acids is 1. The monoisotopic (exact) mass is 229 g/mol. The number of fused-ring (bicyclic) bond motifs is 1. The molecule has 0 bridgehead atoms. The van der Waals surface area contributed by atoms with E-state index in [1.807, 2.05) is 42.5 Å². The molecule has 0 fully saturated rings. The van der Waals surface area contributed by atoms with Crippen LogP contribution in [0.1, 0.15) is 5.56 Å². The summed E-state index contributed by atoms with van der Waals surface area (Å²) in [5, 5.41) is 11.1. The molecule has 0 heterocycles. The van der Waals surface area contributed by atoms with Crippen molar-refractivity contribution in [1.29, 1.82) is 0 Å². The van der Waals surface area contributed by atoms with Crippen molar-refractivity contribution in [1.82, 2.24) is 4.90 Å². The molecule has 88 valence electrons. The van der Waals surface area contributed by atoms with Gasteiger partial charge >= 0.3 is 0 Å². The Balaban J connectivity index is 2.33. The number of carbonyl (C=O) groups is 1. The van der Waals surface area contributed by atoms with Crippen molar-refractivity contribution < 1.29 is 9.90 Å². The van der Waals surface area contributed by atoms with Gasteiger partial charge in [0.1, 0.15) is 6.61 Å². The van der Waals surface area contributed by atoms with Gasteiger partial charge in [0.15, 0.2) is 0 Å². The molecule has 0 radical (unpaired) electrons. The highest BCUT2D eigenvalue weighted by Gasteiger charge is 2.09. The molecule has 1 N–H and O–H groups in total. The molecule has 0 spiro atoms. The number of aliphatic hydroxyl groups excluding tert-OH is 1. The molecule has 0 aliphatic rings. The molecule has 2 aromatic carbocycles. The lowest BCUT2D eigenvalue weighted by Gasteiger charge is -2.17. The second-order valence-corrected chi connectivity index (χ2v) is 4.05. The van der Waals surface area contributed by atoms with Crippen LogP contribution in [0.3, 0.4) is 0 Å². The topological polar surface area (TPSA) is 40.5 Å². The SMILES string of the molecule is CN(Cc1cccc2ccccc12)C(=O)CO. The van der Waals surface area contributed by atoms with E-state index < -0.39 is 6.61 Å². The first-order chi connectivity index (χ1) is 8.22. The lowest BCUT2D eigenvalue weighted by Crippen LogP contribution is -2.28. The van der Waals surface area contributed by atoms with Crippen LogP contribution in [0.4, 0.5) is 0 Å². The predicted molar refractivity (Wildman–Crippen MR) is 67.5 cm³/mol. The van der Waals surface area contributed by atoms with Gasteiger partial charge < -0.3 is 10.0 Å². The summed E-state index contributed by atoms with van der Waals surface area (Å²) in [6.45, 7) is 0.0714. The van der Waals surface area contributed by atoms with Gasteiger partial charge in [-0.05, 0) is 16.3 Å². The summed E-state index contributed by atoms with van der Waals surface area (Å²) in [6, 6.07) is 14.1. The van der Waals surface area contributed by atoms with Crippen molar-refractivity contribution in [2.75, 3.05) is 13.7 Å². The lowest BCUT2D eigenvalue weighted by molar-refractivity contribution is -0.133. The molecule has 2 aromatic rings. The smallest absolute Gasteiger partial charge is 0.248 e. The first-order valence-electron chi connectivity index (χ1n) is 5.54. The number of nitrogens with zero attached hydrogens (tertiary/aromatic N) is 1. The lowest BCUT2D eigenvalue weighted by atomic mass is 10.0. The Hall–Kier alpha value is -1.87. The zero-order valence-electron chi connectivity index (χ0n) is 9.76. The summed E-state index contributed by atoms with van der Waals surface area (Å²) < 4.78 is 0. The van der Waals surface area contributed by atoms with Gasteiger partial charge in [-0.15, -0.1) is 0 Å². The molecule has 0 saturated carbocycles. The number of likely N-dealkylation sites (N-methyl/N-ethyl adjacent to an activating group) is 1. The number of rotatable bonds is 3. The molecule has 1 amide bonds. The Morgan fingerprint density at radius 1 is 1.18 bits per heavy atom. The molecule has 3 heteroatoms. The predicted octanol–water partition coefficient (Wildman–Crippen LogP) is 1.79. The molecule has 0 aromatic heterocycles. The summed E-state index contributed by atoms with van der Waals surface area (Å²) in [7, 11) is 1.69. The van der Waals surface area contributed by atoms with Gasteiger partial charge in [-0.25, -0.2) is 0 Å². The van der Waals surface area contributed by atoms with E-state index in [2.05, 4.69) is 0 Å². The minimum Gasteiger partial charge on any atom is -0.387 e. The molecule has 17 heavy (non-hydrogen) atoms. The number of aliphatic hydroxyl groups is 1. The highest BCUT2D eigenvalue weighted by molar-refractivity contribution is 5.86. The van der Waals surface area contributed by atoms with E-state index in [1.165, 1.54) is 4.90 Å². The third-order valence-corrected chi connectivity index (χ3v) is 2.85. The summed E-state index contributed by atoms with van der Waals surface area (Å²) in [6.07, 6.45) is 0. The minimum atomic E-state index is -0.443. The van der Waals surface area contributed by atoms with Crippen molar-refractivity contribution in [3.63, 3.8) is 0 Å². The molecule has 0 saturated heterocycles. The van der Waals surface area contributed by atoms with Crippen LogP contribution in [0.15, 0.2) is 42.5 Å². The first-order valence-corrected chi connectivity index (χ1v) is 5.54. The van der Waals surface area contributed by atoms with Crippen molar-refractivity contribution in [3.8, 4) is 0 Å². The summed E-state index contributed by atoms with van der Waals surface area (Å²) in [5.41, 5.74) is 1.09. The van der Waals surface area contributed by atoms with Gasteiger partial charge in [0.25, 0.3) is 0 Å². The van der Waals surface area contributed by atoms with Crippen LogP contribution in [0.25, 0.3) is 10.8 Å². The number of hydrogen-bond acceptors (Lipinski definition) is 2. The normalized spacial score (nSPS) is 10.5. The third-order valence-electron chi connectivity index (χ3n) is 2.85. The number of amides is 1. The number of hydrogen-bond donors (Lipinski definition) is 1. The molecule has 0 aliphatic heterocycles. The Morgan fingerprint density at radius 2 is 1.88 bits per heavy atom. The molecule has 3 nitrogen and oxygen atoms in total. The molecule has 0 aliphatic carbocycles. The zero-order valence-corrected chi connectivity index (χ0v) is 9.76. The average molecular weight is 229 g/mol. The Kier molecular flexibility index (Phi) is 3.40. The van der Waals surface area contributed by atoms with E-state index in [0.29, 0.717) is 6.54 Å². The maximum absolute atomic E-state index is 11.3. The maximum Gasteiger partial charge on any atom is 0.248 e. The minimum absolute atomic E-state index is 0.266. The largest absolute Gasteiger partial charge is 0.387 e. The molecular weight excluding hydrogens is 214 g/mol. The molecular formula is C14H15NO2. The highest BCUT2D eigenvalue weighted by atomic mass is 16.3. The van der Waals surface area contributed by atoms with Gasteiger partial charge in [-0.2, -0.15) is 0 Å². The molecule has 0 unspecified atom stereocenters. The van der Waals surface area contributed by atoms with Gasteiger partial charge in [0, 0.05) is 13.6 Å². The van der Waals surface area contributed by atoms with E-state index in [9.17, 15) is 4.79 Å². The summed E-state index contributed by atoms with van der Waals surface area (Å²) in [4.78, 5) is 12.9. The van der Waals surface area contributed by atoms with Gasteiger partial charge in [-0.3, -0.25) is 4.79 Å². The van der Waals surface area contributed by atoms with Crippen LogP contribution in [0.5, 0.6) is 0 Å². The van der Waals surface area contributed by atoms with Crippen LogP contribution in [-0.2, 0) is 11.3 Å². The molecule has 2 rings (SSSR count). The van der Waals surface area contributed by atoms with E-state index in [-0.39, 0.29) is 5.91 Å². The number of benzene rings is 2. The summed E-state index contributed by atoms with van der Waals surface area (Å²) >= 11 is 0. The fourth-order valence-corrected chi connectivity index (χ4v) is 1.89. The summed E-state index contributed by atoms with van der Waals surface area (Å²) in [5.74, 6) is -0.266. The van der Waals surface area contributed by atoms with Crippen LogP contribution in [0.2, 0.25) is 0 Å². The second kappa shape index (κ2) is 4.97. The van der Waals surface area contributed by atoms with E-state index in [1.54, 1.807) is 7.05 Å². The van der Waals surface area contributed by atoms with E-state index >= 15 is 0 Å². The zero-order chi connectivity index (χ0) is 12.3. The highest BCUT2D eigenvalue weighted by Crippen LogP contribution is 2.19. The van der Waals surface area contributed by atoms with Gasteiger partial charge in [-0.1, -0.05) is 42.5 Å². The van der Waals surface area contributed by atoms with Crippen molar-refractivity contribution in [2.24, 2.45) is 0 Å². The average Bonchev–Trinajstić information content (AvgIpc) is 2.38. The Bertz CT molecular complexity index is 531. The third kappa shape index (κ3) is 2.45. The van der Waals surface area contributed by atoms with Crippen LogP contribution >= 0.6 is 0 Å². The molecule has 0 atom stereocenters.